The van der Waals surface area contributed by atoms with Gasteiger partial charge >= 0.3 is 6.61 Å². The molecule has 8 heteroatoms. The lowest BCUT2D eigenvalue weighted by Gasteiger charge is -2.17. The van der Waals surface area contributed by atoms with Gasteiger partial charge in [-0.2, -0.15) is 8.78 Å². The number of halogens is 3. The lowest BCUT2D eigenvalue weighted by Crippen LogP contribution is -2.36. The molecule has 1 aromatic rings. The first kappa shape index (κ1) is 21.4. The number of carbonyl (C=O) groups is 1. The second-order valence-corrected chi connectivity index (χ2v) is 5.94. The van der Waals surface area contributed by atoms with Crippen molar-refractivity contribution in [2.75, 3.05) is 20.2 Å². The van der Waals surface area contributed by atoms with Gasteiger partial charge in [-0.05, 0) is 49.4 Å². The van der Waals surface area contributed by atoms with Crippen LogP contribution in [0.4, 0.5) is 8.78 Å². The van der Waals surface area contributed by atoms with Gasteiger partial charge in [-0.3, -0.25) is 4.79 Å². The van der Waals surface area contributed by atoms with Crippen LogP contribution in [0.1, 0.15) is 24.8 Å². The Balaban J connectivity index is 0.00000312. The number of nitrogens with one attached hydrogen (secondary N) is 1. The van der Waals surface area contributed by atoms with Crippen molar-refractivity contribution in [1.29, 1.82) is 0 Å². The zero-order valence-corrected chi connectivity index (χ0v) is 15.0. The van der Waals surface area contributed by atoms with E-state index in [1.807, 2.05) is 0 Å². The maximum Gasteiger partial charge on any atom is 0.387 e. The Hall–Kier alpha value is -1.60. The zero-order chi connectivity index (χ0) is 17.5. The van der Waals surface area contributed by atoms with Gasteiger partial charge in [0.05, 0.1) is 7.11 Å². The van der Waals surface area contributed by atoms with Crippen molar-refractivity contribution in [3.8, 4) is 11.5 Å². The first-order valence-corrected chi connectivity index (χ1v) is 8.14. The Bertz CT molecular complexity index is 561. The van der Waals surface area contributed by atoms with Crippen LogP contribution >= 0.6 is 12.4 Å². The van der Waals surface area contributed by atoms with Crippen LogP contribution in [0.15, 0.2) is 18.2 Å². The molecule has 1 aliphatic rings. The number of rotatable bonds is 8. The second kappa shape index (κ2) is 10.4. The van der Waals surface area contributed by atoms with Crippen LogP contribution in [0.3, 0.4) is 0 Å². The molecule has 1 aliphatic carbocycles. The van der Waals surface area contributed by atoms with Gasteiger partial charge in [-0.15, -0.1) is 12.4 Å². The Morgan fingerprint density at radius 1 is 1.36 bits per heavy atom. The van der Waals surface area contributed by atoms with E-state index in [2.05, 4.69) is 10.1 Å². The van der Waals surface area contributed by atoms with Gasteiger partial charge in [0, 0.05) is 12.5 Å². The maximum absolute atomic E-state index is 12.4. The fourth-order valence-corrected chi connectivity index (χ4v) is 3.19. The summed E-state index contributed by atoms with van der Waals surface area (Å²) in [5.74, 6) is 0.524. The smallest absolute Gasteiger partial charge is 0.387 e. The minimum Gasteiger partial charge on any atom is -0.493 e. The van der Waals surface area contributed by atoms with Crippen molar-refractivity contribution < 1.29 is 23.0 Å². The minimum absolute atomic E-state index is 0. The lowest BCUT2D eigenvalue weighted by atomic mass is 9.95. The molecule has 0 bridgehead atoms. The third kappa shape index (κ3) is 6.01. The van der Waals surface area contributed by atoms with Crippen molar-refractivity contribution in [3.63, 3.8) is 0 Å². The number of alkyl halides is 2. The lowest BCUT2D eigenvalue weighted by molar-refractivity contribution is -0.125. The molecule has 0 aliphatic heterocycles. The molecule has 0 spiro atoms. The zero-order valence-electron chi connectivity index (χ0n) is 14.2. The summed E-state index contributed by atoms with van der Waals surface area (Å²) >= 11 is 0. The highest BCUT2D eigenvalue weighted by molar-refractivity contribution is 5.85. The molecule has 3 N–H and O–H groups in total. The van der Waals surface area contributed by atoms with Crippen LogP contribution in [-0.2, 0) is 11.2 Å². The molecule has 1 amide bonds. The van der Waals surface area contributed by atoms with Crippen LogP contribution in [0.2, 0.25) is 0 Å². The summed E-state index contributed by atoms with van der Waals surface area (Å²) in [6.07, 6.45) is 3.44. The highest BCUT2D eigenvalue weighted by atomic mass is 35.5. The molecule has 5 nitrogen and oxygen atoms in total. The van der Waals surface area contributed by atoms with Gasteiger partial charge in [0.2, 0.25) is 5.91 Å². The van der Waals surface area contributed by atoms with Crippen LogP contribution in [0.25, 0.3) is 0 Å². The van der Waals surface area contributed by atoms with E-state index in [0.717, 1.165) is 24.8 Å². The predicted molar refractivity (Wildman–Crippen MR) is 93.5 cm³/mol. The molecule has 0 radical (unpaired) electrons. The molecule has 1 aromatic carbocycles. The third-order valence-electron chi connectivity index (χ3n) is 4.46. The minimum atomic E-state index is -2.91. The van der Waals surface area contributed by atoms with Crippen LogP contribution in [-0.4, -0.2) is 32.7 Å². The molecule has 142 valence electrons. The van der Waals surface area contributed by atoms with Crippen molar-refractivity contribution in [1.82, 2.24) is 5.32 Å². The number of amides is 1. The number of nitrogens with two attached hydrogens (primary N) is 1. The van der Waals surface area contributed by atoms with Gasteiger partial charge in [-0.25, -0.2) is 0 Å². The van der Waals surface area contributed by atoms with E-state index in [1.54, 1.807) is 12.1 Å². The fraction of sp³-hybridized carbons (Fsp3) is 0.588. The fourth-order valence-electron chi connectivity index (χ4n) is 3.19. The van der Waals surface area contributed by atoms with Gasteiger partial charge in [0.25, 0.3) is 0 Å². The van der Waals surface area contributed by atoms with E-state index in [0.29, 0.717) is 19.5 Å². The molecule has 1 fully saturated rings. The summed E-state index contributed by atoms with van der Waals surface area (Å²) in [4.78, 5) is 12.2. The normalized spacial score (nSPS) is 19.4. The van der Waals surface area contributed by atoms with Gasteiger partial charge in [0.1, 0.15) is 0 Å². The number of hydrogen-bond donors (Lipinski definition) is 2. The SMILES string of the molecule is COc1ccc(CCNC(=O)[C@@H]2CCC[C@@H]2CN)cc1OC(F)F.Cl. The summed E-state index contributed by atoms with van der Waals surface area (Å²) in [6.45, 7) is -1.94. The van der Waals surface area contributed by atoms with E-state index in [-0.39, 0.29) is 41.6 Å². The average molecular weight is 379 g/mol. The highest BCUT2D eigenvalue weighted by Crippen LogP contribution is 2.31. The van der Waals surface area contributed by atoms with E-state index in [9.17, 15) is 13.6 Å². The van der Waals surface area contributed by atoms with E-state index >= 15 is 0 Å². The standard InChI is InChI=1S/C17H24F2N2O3.ClH/c1-23-14-6-5-11(9-15(14)24-17(18)19)7-8-21-16(22)13-4-2-3-12(13)10-20;/h5-6,9,12-13,17H,2-4,7-8,10,20H2,1H3,(H,21,22);1H/t12-,13-;/m1./s1. The van der Waals surface area contributed by atoms with E-state index in [1.165, 1.54) is 13.2 Å². The van der Waals surface area contributed by atoms with Gasteiger partial charge < -0.3 is 20.5 Å². The number of benzene rings is 1. The Morgan fingerprint density at radius 2 is 2.12 bits per heavy atom. The molecule has 2 atom stereocenters. The average Bonchev–Trinajstić information content (AvgIpc) is 3.03. The second-order valence-electron chi connectivity index (χ2n) is 5.94. The van der Waals surface area contributed by atoms with Gasteiger partial charge in [0.15, 0.2) is 11.5 Å². The first-order chi connectivity index (χ1) is 11.5. The van der Waals surface area contributed by atoms with Crippen molar-refractivity contribution >= 4 is 18.3 Å². The Morgan fingerprint density at radius 3 is 2.76 bits per heavy atom. The first-order valence-electron chi connectivity index (χ1n) is 8.14. The molecule has 25 heavy (non-hydrogen) atoms. The number of hydrogen-bond acceptors (Lipinski definition) is 4. The van der Waals surface area contributed by atoms with Crippen LogP contribution < -0.4 is 20.5 Å². The highest BCUT2D eigenvalue weighted by Gasteiger charge is 2.31. The Labute approximate surface area is 152 Å². The van der Waals surface area contributed by atoms with Gasteiger partial charge in [-0.1, -0.05) is 12.5 Å². The molecular weight excluding hydrogens is 354 g/mol. The molecule has 1 saturated carbocycles. The largest absolute Gasteiger partial charge is 0.493 e. The Kier molecular flexibility index (Phi) is 8.92. The van der Waals surface area contributed by atoms with E-state index in [4.69, 9.17) is 10.5 Å². The summed E-state index contributed by atoms with van der Waals surface area (Å²) in [5, 5.41) is 2.91. The molecular formula is C17H25ClF2N2O3. The van der Waals surface area contributed by atoms with E-state index < -0.39 is 6.61 Å². The maximum atomic E-state index is 12.4. The van der Waals surface area contributed by atoms with Crippen molar-refractivity contribution in [2.24, 2.45) is 17.6 Å². The number of carbonyl (C=O) groups excluding carboxylic acids is 1. The third-order valence-corrected chi connectivity index (χ3v) is 4.46. The molecule has 0 unspecified atom stereocenters. The molecule has 0 heterocycles. The monoisotopic (exact) mass is 378 g/mol. The predicted octanol–water partition coefficient (Wildman–Crippen LogP) is 2.75. The molecule has 0 aromatic heterocycles. The topological polar surface area (TPSA) is 73.6 Å². The molecule has 2 rings (SSSR count). The van der Waals surface area contributed by atoms with Crippen LogP contribution in [0, 0.1) is 11.8 Å². The van der Waals surface area contributed by atoms with Crippen LogP contribution in [0.5, 0.6) is 11.5 Å². The van der Waals surface area contributed by atoms with Crippen molar-refractivity contribution in [3.05, 3.63) is 23.8 Å². The molecule has 0 saturated heterocycles. The summed E-state index contributed by atoms with van der Waals surface area (Å²) < 4.78 is 34.3. The number of methoxy groups -OCH3 is 1. The summed E-state index contributed by atoms with van der Waals surface area (Å²) in [5.41, 5.74) is 6.48. The summed E-state index contributed by atoms with van der Waals surface area (Å²) in [7, 11) is 1.39. The van der Waals surface area contributed by atoms with Crippen molar-refractivity contribution in [2.45, 2.75) is 32.3 Å². The number of ether oxygens (including phenoxy) is 2. The summed E-state index contributed by atoms with van der Waals surface area (Å²) in [6, 6.07) is 4.85. The quantitative estimate of drug-likeness (QED) is 0.729.